The zero-order chi connectivity index (χ0) is 15.5. The molecule has 7 heteroatoms. The van der Waals surface area contributed by atoms with Gasteiger partial charge in [-0.2, -0.15) is 10.2 Å². The summed E-state index contributed by atoms with van der Waals surface area (Å²) in [6.07, 6.45) is 5.78. The second-order valence-corrected chi connectivity index (χ2v) is 5.73. The molecule has 7 nitrogen and oxygen atoms in total. The van der Waals surface area contributed by atoms with Gasteiger partial charge in [-0.1, -0.05) is 0 Å². The lowest BCUT2D eigenvalue weighted by molar-refractivity contribution is 0.0758. The summed E-state index contributed by atoms with van der Waals surface area (Å²) < 4.78 is 2.23. The lowest BCUT2D eigenvalue weighted by atomic mass is 10.2. The fourth-order valence-corrected chi connectivity index (χ4v) is 2.75. The van der Waals surface area contributed by atoms with Gasteiger partial charge in [0.05, 0.1) is 23.7 Å². The molecule has 2 aromatic heterocycles. The van der Waals surface area contributed by atoms with E-state index in [1.165, 1.54) is 11.9 Å². The molecule has 0 unspecified atom stereocenters. The van der Waals surface area contributed by atoms with Crippen molar-refractivity contribution >= 4 is 5.91 Å². The Labute approximate surface area is 129 Å². The molecule has 0 N–H and O–H groups in total. The topological polar surface area (TPSA) is 67.2 Å². The Kier molecular flexibility index (Phi) is 4.15. The van der Waals surface area contributed by atoms with Crippen molar-refractivity contribution in [3.05, 3.63) is 41.7 Å². The van der Waals surface area contributed by atoms with Crippen LogP contribution in [0.3, 0.4) is 0 Å². The molecule has 0 bridgehead atoms. The number of rotatable bonds is 3. The van der Waals surface area contributed by atoms with Crippen molar-refractivity contribution in [3.8, 4) is 0 Å². The first-order chi connectivity index (χ1) is 10.6. The number of carbonyl (C=O) groups excluding carboxylic acids is 1. The van der Waals surface area contributed by atoms with Gasteiger partial charge in [0.25, 0.3) is 5.91 Å². The molecule has 0 aromatic carbocycles. The van der Waals surface area contributed by atoms with E-state index in [0.29, 0.717) is 18.7 Å². The molecule has 116 valence electrons. The first kappa shape index (κ1) is 14.6. The highest BCUT2D eigenvalue weighted by Crippen LogP contribution is 2.14. The fourth-order valence-electron chi connectivity index (χ4n) is 2.75. The monoisotopic (exact) mass is 300 g/mol. The summed E-state index contributed by atoms with van der Waals surface area (Å²) in [6, 6.07) is 1.70. The maximum absolute atomic E-state index is 12.5. The molecule has 0 radical (unpaired) electrons. The van der Waals surface area contributed by atoms with Gasteiger partial charge in [-0.25, -0.2) is 4.98 Å². The number of hydrogen-bond donors (Lipinski definition) is 0. The maximum Gasteiger partial charge on any atom is 0.255 e. The molecular formula is C15H20N6O. The molecule has 0 fully saturated rings. The standard InChI is InChI=1S/C15H20N6O/c1-19(2)11-13-10-16-14-4-6-20(7-8-21(13)14)15(22)12-3-5-17-18-9-12/h3,5,9-10H,4,6-8,11H2,1-2H3. The van der Waals surface area contributed by atoms with Gasteiger partial charge in [0.15, 0.2) is 0 Å². The molecule has 3 heterocycles. The van der Waals surface area contributed by atoms with Crippen molar-refractivity contribution in [2.75, 3.05) is 27.2 Å². The molecule has 0 spiro atoms. The normalized spacial score (nSPS) is 14.8. The minimum Gasteiger partial charge on any atom is -0.336 e. The van der Waals surface area contributed by atoms with Crippen molar-refractivity contribution in [3.63, 3.8) is 0 Å². The zero-order valence-electron chi connectivity index (χ0n) is 12.9. The van der Waals surface area contributed by atoms with E-state index in [9.17, 15) is 4.79 Å². The van der Waals surface area contributed by atoms with Crippen LogP contribution in [0, 0.1) is 0 Å². The SMILES string of the molecule is CN(C)Cc1cnc2n1CCN(C(=O)c1ccnnc1)CC2. The third kappa shape index (κ3) is 2.99. The van der Waals surface area contributed by atoms with Crippen LogP contribution in [0.15, 0.2) is 24.7 Å². The van der Waals surface area contributed by atoms with Gasteiger partial charge < -0.3 is 14.4 Å². The summed E-state index contributed by atoms with van der Waals surface area (Å²) in [7, 11) is 4.09. The number of aromatic nitrogens is 4. The molecule has 0 atom stereocenters. The summed E-state index contributed by atoms with van der Waals surface area (Å²) in [5.41, 5.74) is 1.78. The largest absolute Gasteiger partial charge is 0.336 e. The van der Waals surface area contributed by atoms with Crippen LogP contribution < -0.4 is 0 Å². The Morgan fingerprint density at radius 3 is 2.82 bits per heavy atom. The van der Waals surface area contributed by atoms with Crippen LogP contribution in [-0.4, -0.2) is 62.6 Å². The van der Waals surface area contributed by atoms with Crippen molar-refractivity contribution in [2.24, 2.45) is 0 Å². The molecule has 1 aliphatic heterocycles. The van der Waals surface area contributed by atoms with E-state index >= 15 is 0 Å². The van der Waals surface area contributed by atoms with Gasteiger partial charge in [0.1, 0.15) is 5.82 Å². The fraction of sp³-hybridized carbons (Fsp3) is 0.467. The molecule has 0 saturated heterocycles. The summed E-state index contributed by atoms with van der Waals surface area (Å²) in [5, 5.41) is 7.49. The van der Waals surface area contributed by atoms with Crippen LogP contribution in [0.1, 0.15) is 21.9 Å². The average molecular weight is 300 g/mol. The lowest BCUT2D eigenvalue weighted by Gasteiger charge is -2.20. The van der Waals surface area contributed by atoms with Crippen molar-refractivity contribution < 1.29 is 4.79 Å². The highest BCUT2D eigenvalue weighted by Gasteiger charge is 2.22. The van der Waals surface area contributed by atoms with E-state index < -0.39 is 0 Å². The average Bonchev–Trinajstić information content (AvgIpc) is 2.77. The summed E-state index contributed by atoms with van der Waals surface area (Å²) >= 11 is 0. The van der Waals surface area contributed by atoms with Gasteiger partial charge in [-0.3, -0.25) is 4.79 Å². The van der Waals surface area contributed by atoms with Crippen LogP contribution in [-0.2, 0) is 19.5 Å². The first-order valence-corrected chi connectivity index (χ1v) is 7.39. The number of amides is 1. The lowest BCUT2D eigenvalue weighted by Crippen LogP contribution is -2.33. The molecule has 0 aliphatic carbocycles. The van der Waals surface area contributed by atoms with Crippen molar-refractivity contribution in [2.45, 2.75) is 19.5 Å². The molecule has 1 amide bonds. The highest BCUT2D eigenvalue weighted by atomic mass is 16.2. The second-order valence-electron chi connectivity index (χ2n) is 5.73. The van der Waals surface area contributed by atoms with E-state index in [1.807, 2.05) is 25.2 Å². The first-order valence-electron chi connectivity index (χ1n) is 7.39. The second kappa shape index (κ2) is 6.23. The van der Waals surface area contributed by atoms with Gasteiger partial charge in [-0.15, -0.1) is 0 Å². The Morgan fingerprint density at radius 2 is 2.09 bits per heavy atom. The molecular weight excluding hydrogens is 280 g/mol. The molecule has 2 aromatic rings. The van der Waals surface area contributed by atoms with E-state index in [0.717, 1.165) is 25.3 Å². The Balaban J connectivity index is 1.74. The Hall–Kier alpha value is -2.28. The van der Waals surface area contributed by atoms with Crippen LogP contribution in [0.4, 0.5) is 0 Å². The summed E-state index contributed by atoms with van der Waals surface area (Å²) in [4.78, 5) is 21.0. The Morgan fingerprint density at radius 1 is 1.23 bits per heavy atom. The van der Waals surface area contributed by atoms with E-state index in [2.05, 4.69) is 24.6 Å². The van der Waals surface area contributed by atoms with Crippen LogP contribution in [0.2, 0.25) is 0 Å². The van der Waals surface area contributed by atoms with Gasteiger partial charge in [0.2, 0.25) is 0 Å². The summed E-state index contributed by atoms with van der Waals surface area (Å²) in [6.45, 7) is 3.00. The highest BCUT2D eigenvalue weighted by molar-refractivity contribution is 5.93. The number of nitrogens with zero attached hydrogens (tertiary/aromatic N) is 6. The van der Waals surface area contributed by atoms with Gasteiger partial charge in [0, 0.05) is 38.8 Å². The number of fused-ring (bicyclic) bond motifs is 1. The van der Waals surface area contributed by atoms with E-state index in [4.69, 9.17) is 0 Å². The van der Waals surface area contributed by atoms with Crippen LogP contribution >= 0.6 is 0 Å². The third-order valence-electron chi connectivity index (χ3n) is 3.82. The van der Waals surface area contributed by atoms with Crippen molar-refractivity contribution in [1.29, 1.82) is 0 Å². The summed E-state index contributed by atoms with van der Waals surface area (Å²) in [5.74, 6) is 1.06. The third-order valence-corrected chi connectivity index (χ3v) is 3.82. The van der Waals surface area contributed by atoms with Gasteiger partial charge in [-0.05, 0) is 20.2 Å². The molecule has 3 rings (SSSR count). The molecule has 0 saturated carbocycles. The minimum absolute atomic E-state index is 0.00909. The number of hydrogen-bond acceptors (Lipinski definition) is 5. The quantitative estimate of drug-likeness (QED) is 0.822. The predicted molar refractivity (Wildman–Crippen MR) is 81.3 cm³/mol. The molecule has 1 aliphatic rings. The predicted octanol–water partition coefficient (Wildman–Crippen LogP) is 0.433. The van der Waals surface area contributed by atoms with Gasteiger partial charge >= 0.3 is 0 Å². The minimum atomic E-state index is 0.00909. The number of imidazole rings is 1. The van der Waals surface area contributed by atoms with Crippen LogP contribution in [0.25, 0.3) is 0 Å². The van der Waals surface area contributed by atoms with Crippen molar-refractivity contribution in [1.82, 2.24) is 29.5 Å². The maximum atomic E-state index is 12.5. The Bertz CT molecular complexity index is 651. The molecule has 22 heavy (non-hydrogen) atoms. The van der Waals surface area contributed by atoms with E-state index in [1.54, 1.807) is 12.3 Å². The smallest absolute Gasteiger partial charge is 0.255 e. The zero-order valence-corrected chi connectivity index (χ0v) is 12.9. The van der Waals surface area contributed by atoms with Crippen LogP contribution in [0.5, 0.6) is 0 Å². The van der Waals surface area contributed by atoms with E-state index in [-0.39, 0.29) is 5.91 Å². The number of carbonyl (C=O) groups is 1.